The van der Waals surface area contributed by atoms with E-state index < -0.39 is 5.97 Å². The molecule has 2 aromatic rings. The van der Waals surface area contributed by atoms with Gasteiger partial charge in [0, 0.05) is 29.4 Å². The van der Waals surface area contributed by atoms with Gasteiger partial charge < -0.3 is 5.11 Å². The highest BCUT2D eigenvalue weighted by Crippen LogP contribution is 2.36. The summed E-state index contributed by atoms with van der Waals surface area (Å²) >= 11 is 1.40. The van der Waals surface area contributed by atoms with Crippen LogP contribution in [0.25, 0.3) is 0 Å². The Labute approximate surface area is 128 Å². The summed E-state index contributed by atoms with van der Waals surface area (Å²) < 4.78 is 0. The monoisotopic (exact) mass is 302 g/mol. The van der Waals surface area contributed by atoms with Gasteiger partial charge in [0.25, 0.3) is 0 Å². The Morgan fingerprint density at radius 3 is 2.95 bits per heavy atom. The molecule has 3 heterocycles. The van der Waals surface area contributed by atoms with E-state index in [2.05, 4.69) is 16.0 Å². The predicted molar refractivity (Wildman–Crippen MR) is 82.6 cm³/mol. The lowest BCUT2D eigenvalue weighted by Crippen LogP contribution is -2.22. The van der Waals surface area contributed by atoms with Crippen molar-refractivity contribution in [3.05, 3.63) is 51.5 Å². The lowest BCUT2D eigenvalue weighted by Gasteiger charge is -2.23. The summed E-state index contributed by atoms with van der Waals surface area (Å²) in [5.74, 6) is -0.835. The fourth-order valence-corrected chi connectivity index (χ4v) is 3.83. The third-order valence-electron chi connectivity index (χ3n) is 3.89. The standard InChI is InChI=1S/C16H18N2O2S/c1-11-4-5-12(9-17-11)10-18-8-2-3-13(18)14-6-7-15(21-14)16(19)20/h4-7,9,13H,2-3,8,10H2,1H3,(H,19,20). The molecule has 1 atom stereocenters. The molecule has 1 aliphatic heterocycles. The first-order chi connectivity index (χ1) is 10.1. The Bertz CT molecular complexity index is 636. The number of carboxylic acids is 1. The molecule has 0 aliphatic carbocycles. The second-order valence-electron chi connectivity index (χ2n) is 5.44. The minimum Gasteiger partial charge on any atom is -0.477 e. The Balaban J connectivity index is 1.75. The minimum absolute atomic E-state index is 0.337. The highest BCUT2D eigenvalue weighted by molar-refractivity contribution is 7.14. The maximum Gasteiger partial charge on any atom is 0.345 e. The first-order valence-electron chi connectivity index (χ1n) is 7.12. The van der Waals surface area contributed by atoms with Crippen molar-refractivity contribution >= 4 is 17.3 Å². The number of hydrogen-bond acceptors (Lipinski definition) is 4. The van der Waals surface area contributed by atoms with Crippen LogP contribution in [0.15, 0.2) is 30.5 Å². The van der Waals surface area contributed by atoms with E-state index >= 15 is 0 Å². The molecule has 0 amide bonds. The molecule has 1 fully saturated rings. The quantitative estimate of drug-likeness (QED) is 0.939. The fourth-order valence-electron chi connectivity index (χ4n) is 2.81. The van der Waals surface area contributed by atoms with Crippen LogP contribution in [0.2, 0.25) is 0 Å². The van der Waals surface area contributed by atoms with Gasteiger partial charge in [-0.15, -0.1) is 11.3 Å². The molecule has 1 unspecified atom stereocenters. The number of nitrogens with zero attached hydrogens (tertiary/aromatic N) is 2. The first-order valence-corrected chi connectivity index (χ1v) is 7.94. The lowest BCUT2D eigenvalue weighted by molar-refractivity contribution is 0.0702. The van der Waals surface area contributed by atoms with Crippen LogP contribution in [-0.2, 0) is 6.54 Å². The summed E-state index contributed by atoms with van der Waals surface area (Å²) in [6.07, 6.45) is 4.19. The average molecular weight is 302 g/mol. The molecule has 2 aromatic heterocycles. The van der Waals surface area contributed by atoms with Gasteiger partial charge >= 0.3 is 5.97 Å². The van der Waals surface area contributed by atoms with Gasteiger partial charge in [0.1, 0.15) is 4.88 Å². The van der Waals surface area contributed by atoms with E-state index in [0.717, 1.165) is 36.5 Å². The van der Waals surface area contributed by atoms with Crippen molar-refractivity contribution in [3.8, 4) is 0 Å². The van der Waals surface area contributed by atoms with E-state index in [1.807, 2.05) is 25.3 Å². The van der Waals surface area contributed by atoms with Crippen molar-refractivity contribution in [3.63, 3.8) is 0 Å². The summed E-state index contributed by atoms with van der Waals surface area (Å²) in [5.41, 5.74) is 2.24. The van der Waals surface area contributed by atoms with Crippen molar-refractivity contribution in [2.75, 3.05) is 6.54 Å². The number of pyridine rings is 1. The number of likely N-dealkylation sites (tertiary alicyclic amines) is 1. The van der Waals surface area contributed by atoms with E-state index in [4.69, 9.17) is 5.11 Å². The van der Waals surface area contributed by atoms with Crippen LogP contribution in [0.5, 0.6) is 0 Å². The zero-order valence-electron chi connectivity index (χ0n) is 12.0. The largest absolute Gasteiger partial charge is 0.477 e. The normalized spacial score (nSPS) is 19.0. The van der Waals surface area contributed by atoms with Crippen molar-refractivity contribution in [2.45, 2.75) is 32.4 Å². The van der Waals surface area contributed by atoms with Gasteiger partial charge in [-0.25, -0.2) is 4.79 Å². The summed E-state index contributed by atoms with van der Waals surface area (Å²) in [7, 11) is 0. The van der Waals surface area contributed by atoms with E-state index in [0.29, 0.717) is 10.9 Å². The van der Waals surface area contributed by atoms with Gasteiger partial charge in [0.05, 0.1) is 0 Å². The minimum atomic E-state index is -0.835. The number of aromatic carboxylic acids is 1. The topological polar surface area (TPSA) is 53.4 Å². The van der Waals surface area contributed by atoms with Crippen LogP contribution in [-0.4, -0.2) is 27.5 Å². The third kappa shape index (κ3) is 3.14. The van der Waals surface area contributed by atoms with Crippen molar-refractivity contribution < 1.29 is 9.90 Å². The number of thiophene rings is 1. The zero-order valence-corrected chi connectivity index (χ0v) is 12.8. The van der Waals surface area contributed by atoms with E-state index in [-0.39, 0.29) is 0 Å². The molecule has 0 radical (unpaired) electrons. The number of carbonyl (C=O) groups is 1. The van der Waals surface area contributed by atoms with Gasteiger partial charge in [-0.05, 0) is 50.1 Å². The second kappa shape index (κ2) is 5.95. The number of rotatable bonds is 4. The van der Waals surface area contributed by atoms with Crippen molar-refractivity contribution in [1.82, 2.24) is 9.88 Å². The van der Waals surface area contributed by atoms with Gasteiger partial charge in [-0.1, -0.05) is 6.07 Å². The molecule has 1 aliphatic rings. The van der Waals surface area contributed by atoms with Crippen LogP contribution >= 0.6 is 11.3 Å². The highest BCUT2D eigenvalue weighted by Gasteiger charge is 2.27. The molecule has 21 heavy (non-hydrogen) atoms. The Kier molecular flexibility index (Phi) is 4.03. The number of aromatic nitrogens is 1. The molecule has 1 N–H and O–H groups in total. The molecular formula is C16H18N2O2S. The van der Waals surface area contributed by atoms with Crippen LogP contribution in [0.4, 0.5) is 0 Å². The molecule has 0 bridgehead atoms. The summed E-state index contributed by atoms with van der Waals surface area (Å²) in [5, 5.41) is 9.06. The van der Waals surface area contributed by atoms with Gasteiger partial charge in [0.15, 0.2) is 0 Å². The average Bonchev–Trinajstić information content (AvgIpc) is 3.09. The molecule has 110 valence electrons. The summed E-state index contributed by atoms with van der Waals surface area (Å²) in [4.78, 5) is 19.4. The highest BCUT2D eigenvalue weighted by atomic mass is 32.1. The maximum absolute atomic E-state index is 11.0. The van der Waals surface area contributed by atoms with Crippen molar-refractivity contribution in [1.29, 1.82) is 0 Å². The number of aryl methyl sites for hydroxylation is 1. The smallest absolute Gasteiger partial charge is 0.345 e. The van der Waals surface area contributed by atoms with Crippen LogP contribution < -0.4 is 0 Å². The SMILES string of the molecule is Cc1ccc(CN2CCCC2c2ccc(C(=O)O)s2)cn1. The Hall–Kier alpha value is -1.72. The fraction of sp³-hybridized carbons (Fsp3) is 0.375. The second-order valence-corrected chi connectivity index (χ2v) is 6.56. The Morgan fingerprint density at radius 2 is 2.29 bits per heavy atom. The molecule has 0 aromatic carbocycles. The first kappa shape index (κ1) is 14.2. The lowest BCUT2D eigenvalue weighted by atomic mass is 10.1. The third-order valence-corrected chi connectivity index (χ3v) is 5.06. The van der Waals surface area contributed by atoms with Crippen molar-refractivity contribution in [2.24, 2.45) is 0 Å². The molecule has 1 saturated heterocycles. The van der Waals surface area contributed by atoms with Gasteiger partial charge in [0.2, 0.25) is 0 Å². The number of carboxylic acid groups (broad SMARTS) is 1. The van der Waals surface area contributed by atoms with E-state index in [9.17, 15) is 4.79 Å². The van der Waals surface area contributed by atoms with E-state index in [1.54, 1.807) is 6.07 Å². The van der Waals surface area contributed by atoms with Crippen LogP contribution in [0, 0.1) is 6.92 Å². The van der Waals surface area contributed by atoms with Crippen LogP contribution in [0.1, 0.15) is 44.7 Å². The summed E-state index contributed by atoms with van der Waals surface area (Å²) in [6.45, 7) is 3.92. The van der Waals surface area contributed by atoms with E-state index in [1.165, 1.54) is 16.9 Å². The van der Waals surface area contributed by atoms with Gasteiger partial charge in [-0.2, -0.15) is 0 Å². The summed E-state index contributed by atoms with van der Waals surface area (Å²) in [6, 6.07) is 8.17. The molecule has 0 saturated carbocycles. The number of hydrogen-bond donors (Lipinski definition) is 1. The molecule has 4 nitrogen and oxygen atoms in total. The molecule has 5 heteroatoms. The maximum atomic E-state index is 11.0. The van der Waals surface area contributed by atoms with Crippen LogP contribution in [0.3, 0.4) is 0 Å². The predicted octanol–water partition coefficient (Wildman–Crippen LogP) is 3.49. The zero-order chi connectivity index (χ0) is 14.8. The molecule has 3 rings (SSSR count). The Morgan fingerprint density at radius 1 is 1.43 bits per heavy atom. The molecular weight excluding hydrogens is 284 g/mol. The van der Waals surface area contributed by atoms with Gasteiger partial charge in [-0.3, -0.25) is 9.88 Å². The molecule has 0 spiro atoms.